The van der Waals surface area contributed by atoms with Crippen molar-refractivity contribution in [2.45, 2.75) is 17.8 Å². The van der Waals surface area contributed by atoms with Gasteiger partial charge in [-0.2, -0.15) is 0 Å². The van der Waals surface area contributed by atoms with E-state index in [-0.39, 0.29) is 11.3 Å². The topological polar surface area (TPSA) is 8.17 Å². The Balaban J connectivity index is 0.946. The van der Waals surface area contributed by atoms with E-state index in [1.165, 1.54) is 88.2 Å². The third-order valence-electron chi connectivity index (χ3n) is 17.5. The number of hydrogen-bond donors (Lipinski definition) is 0. The normalized spacial score (nSPS) is 16.0. The molecule has 15 rings (SSSR count). The van der Waals surface area contributed by atoms with Crippen molar-refractivity contribution in [3.8, 4) is 50.2 Å². The molecule has 2 heteroatoms. The molecule has 80 heavy (non-hydrogen) atoms. The number of benzene rings is 12. The average molecular weight is 1020 g/mol. The van der Waals surface area contributed by atoms with Crippen molar-refractivity contribution in [3.63, 3.8) is 0 Å². The number of anilines is 3. The van der Waals surface area contributed by atoms with Gasteiger partial charge in [-0.25, -0.2) is 0 Å². The molecule has 0 fully saturated rings. The van der Waals surface area contributed by atoms with Crippen LogP contribution in [0.25, 0.3) is 82.8 Å². The number of nitrogens with zero attached hydrogens (tertiary/aromatic N) is 2. The van der Waals surface area contributed by atoms with Crippen molar-refractivity contribution in [3.05, 3.63) is 338 Å². The lowest BCUT2D eigenvalue weighted by Crippen LogP contribution is -2.40. The van der Waals surface area contributed by atoms with E-state index in [2.05, 4.69) is 332 Å². The highest BCUT2D eigenvalue weighted by Gasteiger charge is 2.58. The average Bonchev–Trinajstić information content (AvgIpc) is 4.09. The van der Waals surface area contributed by atoms with Crippen molar-refractivity contribution in [2.24, 2.45) is 5.92 Å². The number of allylic oxidation sites excluding steroid dienone is 4. The third-order valence-corrected chi connectivity index (χ3v) is 17.5. The maximum atomic E-state index is 2.51. The molecule has 0 saturated carbocycles. The Morgan fingerprint density at radius 3 is 1.57 bits per heavy atom. The maximum absolute atomic E-state index is 2.51. The van der Waals surface area contributed by atoms with Crippen LogP contribution in [0.15, 0.2) is 315 Å². The van der Waals surface area contributed by atoms with E-state index in [1.807, 2.05) is 0 Å². The van der Waals surface area contributed by atoms with Crippen LogP contribution in [-0.4, -0.2) is 4.57 Å². The summed E-state index contributed by atoms with van der Waals surface area (Å²) in [5, 5.41) is 4.88. The van der Waals surface area contributed by atoms with Crippen LogP contribution in [0.1, 0.15) is 29.2 Å². The molecule has 2 aliphatic rings. The molecule has 2 unspecified atom stereocenters. The number of fused-ring (bicyclic) bond motifs is 7. The molecule has 0 spiro atoms. The van der Waals surface area contributed by atoms with Crippen molar-refractivity contribution in [2.75, 3.05) is 4.90 Å². The van der Waals surface area contributed by atoms with Crippen LogP contribution in [0.5, 0.6) is 0 Å². The Kier molecular flexibility index (Phi) is 11.3. The van der Waals surface area contributed by atoms with Gasteiger partial charge in [0.25, 0.3) is 0 Å². The van der Waals surface area contributed by atoms with E-state index >= 15 is 0 Å². The lowest BCUT2D eigenvalue weighted by atomic mass is 9.60. The highest BCUT2D eigenvalue weighted by atomic mass is 15.1. The summed E-state index contributed by atoms with van der Waals surface area (Å²) in [5.74, 6) is 0.178. The molecule has 0 aliphatic heterocycles. The minimum absolute atomic E-state index is 0.178. The standard InChI is InChI=1S/C78H56N2/c1-77-52-21-20-45-74(77)78(58-29-8-3-9-30-58,59-31-10-4-11-32-59)69-53-57(48-51-68(69)77)54-46-49-61(50-47-54)79(70-41-17-14-35-63(70)65-39-23-28-56-27-22-38-62(75(56)65)55-25-6-2-7-26-55)71-42-18-15-36-64(71)66-40-24-44-73-76(66)67-37-16-19-43-72(67)80(73)60-33-12-5-13-34-60/h2-53,74H,1H3. The SMILES string of the molecule is CC12C=CC=CC1C(c1ccccc1)(c1ccccc1)c1cc(-c3ccc(N(c4ccccc4-c4cccc5cccc(-c6ccccc6)c45)c4ccccc4-c4cccc5c4c4ccccc4n5-c4ccccc4)cc3)ccc12. The van der Waals surface area contributed by atoms with Gasteiger partial charge in [-0.15, -0.1) is 0 Å². The summed E-state index contributed by atoms with van der Waals surface area (Å²) in [6.45, 7) is 2.44. The van der Waals surface area contributed by atoms with Crippen LogP contribution >= 0.6 is 0 Å². The molecule has 0 saturated heterocycles. The number of para-hydroxylation sites is 4. The van der Waals surface area contributed by atoms with Crippen LogP contribution in [0.2, 0.25) is 0 Å². The van der Waals surface area contributed by atoms with Crippen LogP contribution in [0.3, 0.4) is 0 Å². The number of rotatable bonds is 10. The van der Waals surface area contributed by atoms with Gasteiger partial charge in [0.1, 0.15) is 0 Å². The first-order valence-corrected chi connectivity index (χ1v) is 28.0. The largest absolute Gasteiger partial charge is 0.309 e. The Bertz CT molecular complexity index is 4490. The number of aromatic nitrogens is 1. The van der Waals surface area contributed by atoms with Crippen LogP contribution in [-0.2, 0) is 10.8 Å². The summed E-state index contributed by atoms with van der Waals surface area (Å²) in [5.41, 5.74) is 20.9. The Labute approximate surface area is 468 Å². The highest BCUT2D eigenvalue weighted by Crippen LogP contribution is 2.62. The Morgan fingerprint density at radius 2 is 0.900 bits per heavy atom. The van der Waals surface area contributed by atoms with Crippen LogP contribution < -0.4 is 4.90 Å². The second kappa shape index (κ2) is 19.2. The smallest absolute Gasteiger partial charge is 0.0547 e. The molecule has 0 amide bonds. The predicted octanol–water partition coefficient (Wildman–Crippen LogP) is 20.4. The highest BCUT2D eigenvalue weighted by molar-refractivity contribution is 6.17. The monoisotopic (exact) mass is 1020 g/mol. The molecule has 0 N–H and O–H groups in total. The van der Waals surface area contributed by atoms with Crippen molar-refractivity contribution in [1.82, 2.24) is 4.57 Å². The fraction of sp³-hybridized carbons (Fsp3) is 0.0513. The molecule has 0 bridgehead atoms. The molecule has 12 aromatic carbocycles. The second-order valence-corrected chi connectivity index (χ2v) is 21.7. The minimum Gasteiger partial charge on any atom is -0.309 e. The van der Waals surface area contributed by atoms with E-state index in [4.69, 9.17) is 0 Å². The zero-order valence-corrected chi connectivity index (χ0v) is 44.5. The first kappa shape index (κ1) is 47.2. The first-order chi connectivity index (χ1) is 39.6. The van der Waals surface area contributed by atoms with Gasteiger partial charge < -0.3 is 9.47 Å². The van der Waals surface area contributed by atoms with Crippen LogP contribution in [0.4, 0.5) is 17.1 Å². The van der Waals surface area contributed by atoms with Gasteiger partial charge >= 0.3 is 0 Å². The molecule has 1 heterocycles. The van der Waals surface area contributed by atoms with Crippen molar-refractivity contribution in [1.29, 1.82) is 0 Å². The van der Waals surface area contributed by atoms with Gasteiger partial charge in [0.15, 0.2) is 0 Å². The Morgan fingerprint density at radius 1 is 0.375 bits per heavy atom. The quantitative estimate of drug-likeness (QED) is 0.133. The maximum Gasteiger partial charge on any atom is 0.0547 e. The van der Waals surface area contributed by atoms with Gasteiger partial charge in [0, 0.05) is 44.6 Å². The van der Waals surface area contributed by atoms with Crippen molar-refractivity contribution < 1.29 is 0 Å². The zero-order chi connectivity index (χ0) is 53.2. The van der Waals surface area contributed by atoms with Gasteiger partial charge in [-0.3, -0.25) is 0 Å². The molecule has 378 valence electrons. The van der Waals surface area contributed by atoms with Gasteiger partial charge in [0.05, 0.1) is 27.8 Å². The van der Waals surface area contributed by atoms with E-state index in [0.29, 0.717) is 0 Å². The summed E-state index contributed by atoms with van der Waals surface area (Å²) < 4.78 is 2.41. The summed E-state index contributed by atoms with van der Waals surface area (Å²) >= 11 is 0. The first-order valence-electron chi connectivity index (χ1n) is 28.0. The van der Waals surface area contributed by atoms with E-state index in [9.17, 15) is 0 Å². The zero-order valence-electron chi connectivity index (χ0n) is 44.5. The fourth-order valence-electron chi connectivity index (χ4n) is 14.0. The Hall–Kier alpha value is -10.0. The summed E-state index contributed by atoms with van der Waals surface area (Å²) in [6.07, 6.45) is 9.39. The molecule has 1 aromatic heterocycles. The molecular weight excluding hydrogens is 965 g/mol. The lowest BCUT2D eigenvalue weighted by molar-refractivity contribution is 0.366. The van der Waals surface area contributed by atoms with Crippen LogP contribution in [0, 0.1) is 5.92 Å². The van der Waals surface area contributed by atoms with Gasteiger partial charge in [0.2, 0.25) is 0 Å². The molecule has 0 radical (unpaired) electrons. The molecule has 2 aliphatic carbocycles. The van der Waals surface area contributed by atoms with E-state index in [0.717, 1.165) is 33.9 Å². The molecule has 13 aromatic rings. The lowest BCUT2D eigenvalue weighted by Gasteiger charge is -2.42. The number of hydrogen-bond acceptors (Lipinski definition) is 1. The summed E-state index contributed by atoms with van der Waals surface area (Å²) in [7, 11) is 0. The van der Waals surface area contributed by atoms with E-state index < -0.39 is 5.41 Å². The predicted molar refractivity (Wildman–Crippen MR) is 337 cm³/mol. The summed E-state index contributed by atoms with van der Waals surface area (Å²) in [4.78, 5) is 2.51. The van der Waals surface area contributed by atoms with E-state index in [1.54, 1.807) is 0 Å². The third kappa shape index (κ3) is 7.33. The molecular formula is C78H56N2. The molecule has 2 nitrogen and oxygen atoms in total. The molecule has 2 atom stereocenters. The van der Waals surface area contributed by atoms with Gasteiger partial charge in [-0.1, -0.05) is 268 Å². The summed E-state index contributed by atoms with van der Waals surface area (Å²) in [6, 6.07) is 108. The second-order valence-electron chi connectivity index (χ2n) is 21.7. The minimum atomic E-state index is -0.410. The van der Waals surface area contributed by atoms with Crippen molar-refractivity contribution >= 4 is 49.6 Å². The fourth-order valence-corrected chi connectivity index (χ4v) is 14.0. The van der Waals surface area contributed by atoms with Gasteiger partial charge in [-0.05, 0) is 121 Å².